The van der Waals surface area contributed by atoms with Crippen LogP contribution in [0.1, 0.15) is 12.0 Å². The zero-order valence-corrected chi connectivity index (χ0v) is 12.3. The van der Waals surface area contributed by atoms with E-state index in [0.29, 0.717) is 39.0 Å². The Bertz CT molecular complexity index is 528. The number of carbonyl (C=O) groups is 1. The van der Waals surface area contributed by atoms with Gasteiger partial charge < -0.3 is 20.1 Å². The molecule has 2 saturated heterocycles. The molecule has 2 heterocycles. The Hall–Kier alpha value is -1.59. The summed E-state index contributed by atoms with van der Waals surface area (Å²) in [5.41, 5.74) is 0.750. The van der Waals surface area contributed by atoms with Crippen molar-refractivity contribution in [3.05, 3.63) is 29.8 Å². The largest absolute Gasteiger partial charge is 0.497 e. The highest BCUT2D eigenvalue weighted by Gasteiger charge is 2.47. The average molecular weight is 290 g/mol. The van der Waals surface area contributed by atoms with Crippen LogP contribution in [0.25, 0.3) is 0 Å². The lowest BCUT2D eigenvalue weighted by atomic mass is 9.75. The minimum absolute atomic E-state index is 0.167. The second-order valence-electron chi connectivity index (χ2n) is 6.11. The van der Waals surface area contributed by atoms with E-state index in [1.54, 1.807) is 7.11 Å². The predicted molar refractivity (Wildman–Crippen MR) is 79.2 cm³/mol. The van der Waals surface area contributed by atoms with Gasteiger partial charge in [0.2, 0.25) is 5.91 Å². The summed E-state index contributed by atoms with van der Waals surface area (Å²) in [6.07, 6.45) is 1.03. The molecule has 1 amide bonds. The van der Waals surface area contributed by atoms with Crippen LogP contribution in [0.3, 0.4) is 0 Å². The van der Waals surface area contributed by atoms with Crippen molar-refractivity contribution in [2.45, 2.75) is 18.9 Å². The van der Waals surface area contributed by atoms with Crippen molar-refractivity contribution in [2.75, 3.05) is 33.3 Å². The Morgan fingerprint density at radius 2 is 2.33 bits per heavy atom. The van der Waals surface area contributed by atoms with Gasteiger partial charge in [-0.2, -0.15) is 0 Å². The zero-order chi connectivity index (χ0) is 14.9. The fraction of sp³-hybridized carbons (Fsp3) is 0.562. The fourth-order valence-corrected chi connectivity index (χ4v) is 3.21. The molecule has 1 atom stereocenters. The van der Waals surface area contributed by atoms with Gasteiger partial charge in [-0.1, -0.05) is 12.1 Å². The van der Waals surface area contributed by atoms with Crippen LogP contribution in [-0.2, 0) is 11.2 Å². The number of benzene rings is 1. The first-order valence-corrected chi connectivity index (χ1v) is 7.44. The standard InChI is InChI=1S/C16H22N2O3/c1-21-14-4-2-3-12(7-14)8-16(10-17-11-16)15(20)18-6-5-13(19)9-18/h2-4,7,13,17,19H,5-6,8-11H2,1H3/t13-/m1/s1. The molecule has 2 aliphatic heterocycles. The number of nitrogens with zero attached hydrogens (tertiary/aromatic N) is 1. The van der Waals surface area contributed by atoms with Gasteiger partial charge >= 0.3 is 0 Å². The molecule has 1 aromatic carbocycles. The van der Waals surface area contributed by atoms with E-state index in [4.69, 9.17) is 4.74 Å². The molecular formula is C16H22N2O3. The van der Waals surface area contributed by atoms with Crippen LogP contribution in [0.5, 0.6) is 5.75 Å². The SMILES string of the molecule is COc1cccc(CC2(C(=O)N3CC[C@@H](O)C3)CNC2)c1. The predicted octanol–water partition coefficient (Wildman–Crippen LogP) is 0.420. The average Bonchev–Trinajstić information content (AvgIpc) is 2.89. The third-order valence-electron chi connectivity index (χ3n) is 4.51. The molecule has 5 nitrogen and oxygen atoms in total. The number of β-amino-alcohol motifs (C(OH)–C–C–N with tert-alkyl or cyclic N) is 1. The summed E-state index contributed by atoms with van der Waals surface area (Å²) < 4.78 is 5.25. The number of ether oxygens (including phenoxy) is 1. The molecular weight excluding hydrogens is 268 g/mol. The number of hydrogen-bond donors (Lipinski definition) is 2. The molecule has 0 radical (unpaired) electrons. The minimum Gasteiger partial charge on any atom is -0.497 e. The zero-order valence-electron chi connectivity index (χ0n) is 12.3. The molecule has 0 bridgehead atoms. The van der Waals surface area contributed by atoms with E-state index in [1.807, 2.05) is 29.2 Å². The van der Waals surface area contributed by atoms with Crippen LogP contribution in [0.4, 0.5) is 0 Å². The van der Waals surface area contributed by atoms with E-state index >= 15 is 0 Å². The normalized spacial score (nSPS) is 23.7. The van der Waals surface area contributed by atoms with Gasteiger partial charge in [0.1, 0.15) is 5.75 Å². The van der Waals surface area contributed by atoms with Crippen molar-refractivity contribution in [1.82, 2.24) is 10.2 Å². The summed E-state index contributed by atoms with van der Waals surface area (Å²) in [7, 11) is 1.65. The number of carbonyl (C=O) groups excluding carboxylic acids is 1. The lowest BCUT2D eigenvalue weighted by Crippen LogP contribution is -2.63. The summed E-state index contributed by atoms with van der Waals surface area (Å²) in [5.74, 6) is 0.986. The summed E-state index contributed by atoms with van der Waals surface area (Å²) in [4.78, 5) is 14.6. The molecule has 21 heavy (non-hydrogen) atoms. The monoisotopic (exact) mass is 290 g/mol. The maximum Gasteiger partial charge on any atom is 0.231 e. The summed E-state index contributed by atoms with van der Waals surface area (Å²) in [6.45, 7) is 2.55. The molecule has 114 valence electrons. The second-order valence-corrected chi connectivity index (χ2v) is 6.11. The van der Waals surface area contributed by atoms with Gasteiger partial charge in [0.25, 0.3) is 0 Å². The maximum atomic E-state index is 12.8. The molecule has 0 spiro atoms. The Labute approximate surface area is 124 Å². The molecule has 5 heteroatoms. The first-order chi connectivity index (χ1) is 10.1. The number of methoxy groups -OCH3 is 1. The highest BCUT2D eigenvalue weighted by Crippen LogP contribution is 2.32. The highest BCUT2D eigenvalue weighted by molar-refractivity contribution is 5.85. The van der Waals surface area contributed by atoms with Crippen molar-refractivity contribution in [1.29, 1.82) is 0 Å². The van der Waals surface area contributed by atoms with Crippen molar-refractivity contribution < 1.29 is 14.6 Å². The Balaban J connectivity index is 1.75. The molecule has 0 aliphatic carbocycles. The van der Waals surface area contributed by atoms with Crippen LogP contribution in [0.2, 0.25) is 0 Å². The summed E-state index contributed by atoms with van der Waals surface area (Å²) in [5, 5.41) is 12.9. The van der Waals surface area contributed by atoms with Crippen molar-refractivity contribution in [2.24, 2.45) is 5.41 Å². The summed E-state index contributed by atoms with van der Waals surface area (Å²) in [6, 6.07) is 7.90. The molecule has 3 rings (SSSR count). The fourth-order valence-electron chi connectivity index (χ4n) is 3.21. The summed E-state index contributed by atoms with van der Waals surface area (Å²) >= 11 is 0. The number of amides is 1. The number of rotatable bonds is 4. The maximum absolute atomic E-state index is 12.8. The third kappa shape index (κ3) is 2.76. The van der Waals surface area contributed by atoms with Gasteiger partial charge in [0, 0.05) is 26.2 Å². The van der Waals surface area contributed by atoms with E-state index in [2.05, 4.69) is 5.32 Å². The van der Waals surface area contributed by atoms with Gasteiger partial charge in [-0.25, -0.2) is 0 Å². The molecule has 1 aromatic rings. The first kappa shape index (κ1) is 14.4. The van der Waals surface area contributed by atoms with E-state index in [0.717, 1.165) is 11.3 Å². The van der Waals surface area contributed by atoms with E-state index in [1.165, 1.54) is 0 Å². The smallest absolute Gasteiger partial charge is 0.231 e. The van der Waals surface area contributed by atoms with Gasteiger partial charge in [-0.15, -0.1) is 0 Å². The molecule has 2 fully saturated rings. The quantitative estimate of drug-likeness (QED) is 0.844. The third-order valence-corrected chi connectivity index (χ3v) is 4.51. The molecule has 2 N–H and O–H groups in total. The van der Waals surface area contributed by atoms with Gasteiger partial charge in [-0.05, 0) is 30.5 Å². The van der Waals surface area contributed by atoms with Gasteiger partial charge in [-0.3, -0.25) is 4.79 Å². The van der Waals surface area contributed by atoms with Crippen molar-refractivity contribution in [3.63, 3.8) is 0 Å². The lowest BCUT2D eigenvalue weighted by molar-refractivity contribution is -0.144. The van der Waals surface area contributed by atoms with E-state index in [9.17, 15) is 9.90 Å². The van der Waals surface area contributed by atoms with E-state index in [-0.39, 0.29) is 17.4 Å². The second kappa shape index (κ2) is 5.66. The lowest BCUT2D eigenvalue weighted by Gasteiger charge is -2.43. The Morgan fingerprint density at radius 3 is 2.90 bits per heavy atom. The van der Waals surface area contributed by atoms with Gasteiger partial charge in [0.15, 0.2) is 0 Å². The van der Waals surface area contributed by atoms with Gasteiger partial charge in [0.05, 0.1) is 18.6 Å². The number of likely N-dealkylation sites (tertiary alicyclic amines) is 1. The number of nitrogens with one attached hydrogen (secondary N) is 1. The Morgan fingerprint density at radius 1 is 1.52 bits per heavy atom. The molecule has 2 aliphatic rings. The topological polar surface area (TPSA) is 61.8 Å². The number of aliphatic hydroxyl groups excluding tert-OH is 1. The molecule has 0 saturated carbocycles. The minimum atomic E-state index is -0.365. The van der Waals surface area contributed by atoms with Crippen LogP contribution in [0, 0.1) is 5.41 Å². The Kier molecular flexibility index (Phi) is 3.87. The van der Waals surface area contributed by atoms with Crippen LogP contribution >= 0.6 is 0 Å². The van der Waals surface area contributed by atoms with Crippen molar-refractivity contribution >= 4 is 5.91 Å². The number of aliphatic hydroxyl groups is 1. The number of hydrogen-bond acceptors (Lipinski definition) is 4. The van der Waals surface area contributed by atoms with Crippen molar-refractivity contribution in [3.8, 4) is 5.75 Å². The van der Waals surface area contributed by atoms with Crippen LogP contribution < -0.4 is 10.1 Å². The molecule has 0 unspecified atom stereocenters. The highest BCUT2D eigenvalue weighted by atomic mass is 16.5. The van der Waals surface area contributed by atoms with Crippen LogP contribution in [0.15, 0.2) is 24.3 Å². The van der Waals surface area contributed by atoms with E-state index < -0.39 is 0 Å². The van der Waals surface area contributed by atoms with Crippen LogP contribution in [-0.4, -0.2) is 55.3 Å². The first-order valence-electron chi connectivity index (χ1n) is 7.44. The molecule has 0 aromatic heterocycles.